The molecule has 8 heteroatoms. The van der Waals surface area contributed by atoms with Gasteiger partial charge >= 0.3 is 12.1 Å². The van der Waals surface area contributed by atoms with Gasteiger partial charge < -0.3 is 19.1 Å². The predicted octanol–water partition coefficient (Wildman–Crippen LogP) is 3.38. The highest BCUT2D eigenvalue weighted by Gasteiger charge is 2.29. The van der Waals surface area contributed by atoms with Crippen molar-refractivity contribution in [1.29, 1.82) is 0 Å². The average Bonchev–Trinajstić information content (AvgIpc) is 3.29. The monoisotopic (exact) mass is 420 g/mol. The van der Waals surface area contributed by atoms with E-state index in [0.29, 0.717) is 5.25 Å². The Labute approximate surface area is 175 Å². The summed E-state index contributed by atoms with van der Waals surface area (Å²) in [7, 11) is 5.63. The van der Waals surface area contributed by atoms with Gasteiger partial charge in [0, 0.05) is 29.1 Å². The minimum atomic E-state index is -0.571. The molecule has 7 nitrogen and oxygen atoms in total. The lowest BCUT2D eigenvalue weighted by Crippen LogP contribution is -2.22. The van der Waals surface area contributed by atoms with Crippen molar-refractivity contribution in [2.45, 2.75) is 25.0 Å². The van der Waals surface area contributed by atoms with Crippen LogP contribution in [-0.2, 0) is 20.7 Å². The minimum absolute atomic E-state index is 0.119. The summed E-state index contributed by atoms with van der Waals surface area (Å²) >= 11 is 1.76. The van der Waals surface area contributed by atoms with E-state index in [1.165, 1.54) is 4.57 Å². The van der Waals surface area contributed by atoms with Crippen molar-refractivity contribution in [3.63, 3.8) is 0 Å². The van der Waals surface area contributed by atoms with Crippen LogP contribution in [0.15, 0.2) is 24.4 Å². The Kier molecular flexibility index (Phi) is 7.08. The molecule has 0 bridgehead atoms. The van der Waals surface area contributed by atoms with Gasteiger partial charge in [-0.15, -0.1) is 0 Å². The van der Waals surface area contributed by atoms with Gasteiger partial charge in [0.15, 0.2) is 0 Å². The van der Waals surface area contributed by atoms with Crippen LogP contribution in [0.1, 0.15) is 18.9 Å². The maximum absolute atomic E-state index is 12.6. The van der Waals surface area contributed by atoms with E-state index in [4.69, 9.17) is 14.2 Å². The lowest BCUT2D eigenvalue weighted by molar-refractivity contribution is -0.156. The zero-order valence-electron chi connectivity index (χ0n) is 17.3. The number of thioether (sulfide) groups is 1. The highest BCUT2D eigenvalue weighted by molar-refractivity contribution is 8.00. The summed E-state index contributed by atoms with van der Waals surface area (Å²) in [5.74, 6) is 1.06. The molecule has 1 saturated heterocycles. The number of nitrogens with zero attached hydrogens (tertiary/aromatic N) is 2. The maximum Gasteiger partial charge on any atom is 0.421 e. The van der Waals surface area contributed by atoms with Gasteiger partial charge in [-0.3, -0.25) is 9.36 Å². The number of esters is 1. The summed E-state index contributed by atoms with van der Waals surface area (Å²) in [5.41, 5.74) is 1.76. The highest BCUT2D eigenvalue weighted by atomic mass is 32.2. The molecule has 0 aliphatic carbocycles. The molecule has 1 aromatic carbocycles. The van der Waals surface area contributed by atoms with Crippen LogP contribution in [0, 0.1) is 5.92 Å². The van der Waals surface area contributed by atoms with Crippen LogP contribution in [0.5, 0.6) is 5.75 Å². The number of carbonyl (C=O) groups is 2. The molecule has 2 unspecified atom stereocenters. The standard InChI is InChI=1S/C21H28N2O5S/c1-14-9-16(12-29-14)20(24)27-13-28-21(25)23-11-15(7-8-22(2)3)18-10-17(26-4)5-6-19(18)23/h5-6,10-11,14,16H,7-9,12-13H2,1-4H3. The molecule has 0 spiro atoms. The third kappa shape index (κ3) is 5.25. The van der Waals surface area contributed by atoms with Gasteiger partial charge in [0.1, 0.15) is 5.75 Å². The van der Waals surface area contributed by atoms with Crippen molar-refractivity contribution in [2.24, 2.45) is 5.92 Å². The van der Waals surface area contributed by atoms with E-state index >= 15 is 0 Å². The van der Waals surface area contributed by atoms with Gasteiger partial charge in [0.25, 0.3) is 0 Å². The maximum atomic E-state index is 12.6. The van der Waals surface area contributed by atoms with Crippen LogP contribution in [0.2, 0.25) is 0 Å². The molecule has 0 saturated carbocycles. The van der Waals surface area contributed by atoms with Crippen LogP contribution in [0.25, 0.3) is 10.9 Å². The molecule has 158 valence electrons. The second-order valence-electron chi connectivity index (χ2n) is 7.53. The molecule has 2 aromatic rings. The van der Waals surface area contributed by atoms with Crippen molar-refractivity contribution < 1.29 is 23.8 Å². The Morgan fingerprint density at radius 1 is 1.28 bits per heavy atom. The number of fused-ring (bicyclic) bond motifs is 1. The molecule has 0 amide bonds. The average molecular weight is 421 g/mol. The van der Waals surface area contributed by atoms with Gasteiger partial charge in [-0.05, 0) is 50.7 Å². The van der Waals surface area contributed by atoms with E-state index in [2.05, 4.69) is 11.8 Å². The predicted molar refractivity (Wildman–Crippen MR) is 114 cm³/mol. The fourth-order valence-electron chi connectivity index (χ4n) is 3.41. The Balaban J connectivity index is 1.69. The molecular formula is C21H28N2O5S. The first-order valence-electron chi connectivity index (χ1n) is 9.67. The normalized spacial score (nSPS) is 18.9. The SMILES string of the molecule is COc1ccc2c(c1)c(CCN(C)C)cn2C(=O)OCOC(=O)C1CSC(C)C1. The number of carbonyl (C=O) groups excluding carboxylic acids is 2. The number of methoxy groups -OCH3 is 1. The molecular weight excluding hydrogens is 392 g/mol. The van der Waals surface area contributed by atoms with E-state index in [1.54, 1.807) is 31.1 Å². The van der Waals surface area contributed by atoms with Crippen LogP contribution in [0.3, 0.4) is 0 Å². The van der Waals surface area contributed by atoms with E-state index in [0.717, 1.165) is 47.4 Å². The summed E-state index contributed by atoms with van der Waals surface area (Å²) in [5, 5.41) is 1.40. The Bertz CT molecular complexity index is 879. The van der Waals surface area contributed by atoms with Crippen LogP contribution < -0.4 is 4.74 Å². The summed E-state index contributed by atoms with van der Waals surface area (Å²) < 4.78 is 17.2. The zero-order valence-corrected chi connectivity index (χ0v) is 18.2. The van der Waals surface area contributed by atoms with E-state index < -0.39 is 6.09 Å². The quantitative estimate of drug-likeness (QED) is 0.502. The molecule has 0 N–H and O–H groups in total. The van der Waals surface area contributed by atoms with Gasteiger partial charge in [-0.2, -0.15) is 11.8 Å². The van der Waals surface area contributed by atoms with Crippen molar-refractivity contribution in [3.8, 4) is 5.75 Å². The smallest absolute Gasteiger partial charge is 0.421 e. The molecule has 0 radical (unpaired) electrons. The molecule has 1 aliphatic heterocycles. The number of ether oxygens (including phenoxy) is 3. The lowest BCUT2D eigenvalue weighted by atomic mass is 10.1. The Morgan fingerprint density at radius 2 is 2.07 bits per heavy atom. The third-order valence-electron chi connectivity index (χ3n) is 5.03. The molecule has 29 heavy (non-hydrogen) atoms. The van der Waals surface area contributed by atoms with Crippen molar-refractivity contribution in [3.05, 3.63) is 30.0 Å². The Hall–Kier alpha value is -2.19. The number of aromatic nitrogens is 1. The number of rotatable bonds is 7. The minimum Gasteiger partial charge on any atom is -0.497 e. The van der Waals surface area contributed by atoms with Crippen molar-refractivity contribution in [1.82, 2.24) is 9.47 Å². The fourth-order valence-corrected chi connectivity index (χ4v) is 4.61. The van der Waals surface area contributed by atoms with Crippen LogP contribution >= 0.6 is 11.8 Å². The largest absolute Gasteiger partial charge is 0.497 e. The fraction of sp³-hybridized carbons (Fsp3) is 0.524. The van der Waals surface area contributed by atoms with Gasteiger partial charge in [-0.25, -0.2) is 4.79 Å². The van der Waals surface area contributed by atoms with Gasteiger partial charge in [-0.1, -0.05) is 6.92 Å². The lowest BCUT2D eigenvalue weighted by Gasteiger charge is -2.10. The summed E-state index contributed by atoms with van der Waals surface area (Å²) in [6.45, 7) is 2.56. The van der Waals surface area contributed by atoms with Crippen molar-refractivity contribution >= 4 is 34.7 Å². The number of hydrogen-bond donors (Lipinski definition) is 0. The van der Waals surface area contributed by atoms with Crippen LogP contribution in [-0.4, -0.2) is 67.1 Å². The number of benzene rings is 1. The molecule has 1 aliphatic rings. The number of hydrogen-bond acceptors (Lipinski definition) is 7. The molecule has 2 atom stereocenters. The zero-order chi connectivity index (χ0) is 21.0. The third-order valence-corrected chi connectivity index (χ3v) is 6.39. The first-order chi connectivity index (χ1) is 13.9. The van der Waals surface area contributed by atoms with Crippen LogP contribution in [0.4, 0.5) is 4.79 Å². The summed E-state index contributed by atoms with van der Waals surface area (Å²) in [6.07, 6.45) is 2.80. The molecule has 3 rings (SSSR count). The molecule has 1 fully saturated rings. The summed E-state index contributed by atoms with van der Waals surface area (Å²) in [4.78, 5) is 26.8. The molecule has 2 heterocycles. The van der Waals surface area contributed by atoms with Crippen molar-refractivity contribution in [2.75, 3.05) is 40.3 Å². The summed E-state index contributed by atoms with van der Waals surface area (Å²) in [6, 6.07) is 5.56. The van der Waals surface area contributed by atoms with E-state index in [-0.39, 0.29) is 18.7 Å². The topological polar surface area (TPSA) is 70.0 Å². The van der Waals surface area contributed by atoms with E-state index in [1.807, 2.05) is 26.2 Å². The Morgan fingerprint density at radius 3 is 2.72 bits per heavy atom. The van der Waals surface area contributed by atoms with Gasteiger partial charge in [0.2, 0.25) is 6.79 Å². The second kappa shape index (κ2) is 9.54. The second-order valence-corrected chi connectivity index (χ2v) is 9.00. The molecule has 1 aromatic heterocycles. The first kappa shape index (κ1) is 21.5. The number of likely N-dealkylation sites (N-methyl/N-ethyl adjacent to an activating group) is 1. The van der Waals surface area contributed by atoms with Gasteiger partial charge in [0.05, 0.1) is 18.5 Å². The van der Waals surface area contributed by atoms with E-state index in [9.17, 15) is 9.59 Å². The highest BCUT2D eigenvalue weighted by Crippen LogP contribution is 2.31. The first-order valence-corrected chi connectivity index (χ1v) is 10.7.